The van der Waals surface area contributed by atoms with Crippen molar-refractivity contribution >= 4 is 17.6 Å². The summed E-state index contributed by atoms with van der Waals surface area (Å²) in [6.07, 6.45) is 0.579. The maximum absolute atomic E-state index is 11.4. The van der Waals surface area contributed by atoms with E-state index in [1.54, 1.807) is 24.3 Å². The molecule has 1 fully saturated rings. The van der Waals surface area contributed by atoms with Crippen molar-refractivity contribution in [3.8, 4) is 11.4 Å². The molecule has 1 aromatic heterocycles. The maximum Gasteiger partial charge on any atom is 0.333 e. The topological polar surface area (TPSA) is 69.9 Å². The van der Waals surface area contributed by atoms with E-state index in [0.29, 0.717) is 23.9 Å². The Kier molecular flexibility index (Phi) is 2.71. The quantitative estimate of drug-likeness (QED) is 0.769. The lowest BCUT2D eigenvalue weighted by atomic mass is 10.2. The lowest BCUT2D eigenvalue weighted by Crippen LogP contribution is -2.17. The summed E-state index contributed by atoms with van der Waals surface area (Å²) in [6, 6.07) is 6.65. The van der Waals surface area contributed by atoms with Gasteiger partial charge in [0.25, 0.3) is 0 Å². The van der Waals surface area contributed by atoms with E-state index in [4.69, 9.17) is 16.3 Å². The zero-order valence-electron chi connectivity index (χ0n) is 9.28. The van der Waals surface area contributed by atoms with E-state index in [-0.39, 0.29) is 5.97 Å². The Hall–Kier alpha value is -1.95. The first-order chi connectivity index (χ1) is 8.74. The van der Waals surface area contributed by atoms with Crippen LogP contribution in [0.15, 0.2) is 24.3 Å². The smallest absolute Gasteiger partial charge is 0.333 e. The summed E-state index contributed by atoms with van der Waals surface area (Å²) in [4.78, 5) is 12.7. The average Bonchev–Trinajstić information content (AvgIpc) is 2.98. The molecule has 1 saturated heterocycles. The molecule has 0 spiro atoms. The number of nitrogens with zero attached hydrogens (tertiary/aromatic N) is 4. The summed E-state index contributed by atoms with van der Waals surface area (Å²) in [5.74, 6) is 0.154. The van der Waals surface area contributed by atoms with Crippen molar-refractivity contribution in [3.05, 3.63) is 29.3 Å². The van der Waals surface area contributed by atoms with Gasteiger partial charge in [0.2, 0.25) is 5.82 Å². The lowest BCUT2D eigenvalue weighted by molar-refractivity contribution is -0.141. The number of benzene rings is 1. The van der Waals surface area contributed by atoms with Crippen molar-refractivity contribution in [1.82, 2.24) is 20.2 Å². The van der Waals surface area contributed by atoms with Crippen LogP contribution in [0.4, 0.5) is 0 Å². The molecule has 6 nitrogen and oxygen atoms in total. The fourth-order valence-corrected chi connectivity index (χ4v) is 1.89. The van der Waals surface area contributed by atoms with E-state index in [0.717, 1.165) is 5.56 Å². The standard InChI is InChI=1S/C11H9ClN4O2/c12-8-3-1-7(2-4-8)10-13-15-16(14-10)9-5-6-18-11(9)17/h1-4,9H,5-6H2. The minimum Gasteiger partial charge on any atom is -0.464 e. The minimum absolute atomic E-state index is 0.310. The molecule has 1 atom stereocenters. The van der Waals surface area contributed by atoms with Crippen LogP contribution >= 0.6 is 11.6 Å². The molecule has 0 bridgehead atoms. The molecule has 3 rings (SSSR count). The number of halogens is 1. The van der Waals surface area contributed by atoms with Crippen molar-refractivity contribution in [3.63, 3.8) is 0 Å². The second-order valence-corrected chi connectivity index (χ2v) is 4.35. The van der Waals surface area contributed by atoms with Crippen LogP contribution in [0.2, 0.25) is 5.02 Å². The summed E-state index contributed by atoms with van der Waals surface area (Å²) in [6.45, 7) is 0.404. The Labute approximate surface area is 108 Å². The molecule has 0 N–H and O–H groups in total. The molecule has 92 valence electrons. The number of ether oxygens (including phenoxy) is 1. The molecule has 0 radical (unpaired) electrons. The lowest BCUT2D eigenvalue weighted by Gasteiger charge is -2.01. The van der Waals surface area contributed by atoms with Gasteiger partial charge in [0.1, 0.15) is 0 Å². The molecule has 1 aromatic carbocycles. The Morgan fingerprint density at radius 2 is 2.11 bits per heavy atom. The number of esters is 1. The third kappa shape index (κ3) is 1.95. The molecular weight excluding hydrogens is 256 g/mol. The Bertz CT molecular complexity index is 581. The summed E-state index contributed by atoms with van der Waals surface area (Å²) in [7, 11) is 0. The van der Waals surface area contributed by atoms with Crippen LogP contribution < -0.4 is 0 Å². The Morgan fingerprint density at radius 3 is 2.78 bits per heavy atom. The van der Waals surface area contributed by atoms with Crippen molar-refractivity contribution in [2.45, 2.75) is 12.5 Å². The van der Waals surface area contributed by atoms with Gasteiger partial charge in [-0.2, -0.15) is 0 Å². The SMILES string of the molecule is O=C1OCCC1n1nnc(-c2ccc(Cl)cc2)n1. The van der Waals surface area contributed by atoms with Crippen LogP contribution in [0.5, 0.6) is 0 Å². The normalized spacial score (nSPS) is 18.9. The average molecular weight is 265 g/mol. The summed E-state index contributed by atoms with van der Waals surface area (Å²) >= 11 is 5.80. The number of hydrogen-bond acceptors (Lipinski definition) is 5. The van der Waals surface area contributed by atoms with Crippen molar-refractivity contribution in [1.29, 1.82) is 0 Å². The van der Waals surface area contributed by atoms with Crippen LogP contribution in [0.3, 0.4) is 0 Å². The van der Waals surface area contributed by atoms with E-state index < -0.39 is 6.04 Å². The largest absolute Gasteiger partial charge is 0.464 e. The zero-order valence-corrected chi connectivity index (χ0v) is 10.0. The molecule has 0 amide bonds. The second-order valence-electron chi connectivity index (χ2n) is 3.91. The van der Waals surface area contributed by atoms with Gasteiger partial charge in [0.05, 0.1) is 6.61 Å². The predicted octanol–water partition coefficient (Wildman–Crippen LogP) is 1.48. The van der Waals surface area contributed by atoms with E-state index in [1.807, 2.05) is 0 Å². The second kappa shape index (κ2) is 4.38. The molecular formula is C11H9ClN4O2. The summed E-state index contributed by atoms with van der Waals surface area (Å²) in [5, 5.41) is 12.7. The number of cyclic esters (lactones) is 1. The summed E-state index contributed by atoms with van der Waals surface area (Å²) in [5.41, 5.74) is 0.803. The molecule has 1 aliphatic rings. The fraction of sp³-hybridized carbons (Fsp3) is 0.273. The van der Waals surface area contributed by atoms with E-state index in [9.17, 15) is 4.79 Å². The number of rotatable bonds is 2. The molecule has 0 aliphatic carbocycles. The Balaban J connectivity index is 1.89. The Morgan fingerprint density at radius 1 is 1.33 bits per heavy atom. The third-order valence-corrected chi connectivity index (χ3v) is 2.97. The summed E-state index contributed by atoms with van der Waals surface area (Å²) < 4.78 is 4.87. The molecule has 0 saturated carbocycles. The van der Waals surface area contributed by atoms with Crippen LogP contribution in [-0.2, 0) is 9.53 Å². The highest BCUT2D eigenvalue weighted by Gasteiger charge is 2.30. The first kappa shape index (κ1) is 11.2. The first-order valence-corrected chi connectivity index (χ1v) is 5.84. The van der Waals surface area contributed by atoms with Crippen molar-refractivity contribution in [2.24, 2.45) is 0 Å². The zero-order chi connectivity index (χ0) is 12.5. The maximum atomic E-state index is 11.4. The minimum atomic E-state index is -0.460. The predicted molar refractivity (Wildman–Crippen MR) is 62.9 cm³/mol. The molecule has 1 unspecified atom stereocenters. The highest BCUT2D eigenvalue weighted by molar-refractivity contribution is 6.30. The van der Waals surface area contributed by atoms with Crippen LogP contribution in [0.1, 0.15) is 12.5 Å². The number of carbonyl (C=O) groups is 1. The van der Waals surface area contributed by atoms with Crippen LogP contribution in [-0.4, -0.2) is 32.8 Å². The van der Waals surface area contributed by atoms with E-state index >= 15 is 0 Å². The number of hydrogen-bond donors (Lipinski definition) is 0. The third-order valence-electron chi connectivity index (χ3n) is 2.72. The number of carbonyl (C=O) groups excluding carboxylic acids is 1. The van der Waals surface area contributed by atoms with Crippen LogP contribution in [0, 0.1) is 0 Å². The van der Waals surface area contributed by atoms with Crippen molar-refractivity contribution < 1.29 is 9.53 Å². The number of tetrazole rings is 1. The fourth-order valence-electron chi connectivity index (χ4n) is 1.77. The molecule has 7 heteroatoms. The van der Waals surface area contributed by atoms with Gasteiger partial charge in [-0.05, 0) is 29.5 Å². The van der Waals surface area contributed by atoms with Gasteiger partial charge in [-0.15, -0.1) is 15.0 Å². The molecule has 1 aliphatic heterocycles. The van der Waals surface area contributed by atoms with Crippen LogP contribution in [0.25, 0.3) is 11.4 Å². The molecule has 2 aromatic rings. The van der Waals surface area contributed by atoms with Crippen molar-refractivity contribution in [2.75, 3.05) is 6.61 Å². The molecule has 2 heterocycles. The van der Waals surface area contributed by atoms with Gasteiger partial charge < -0.3 is 4.74 Å². The highest BCUT2D eigenvalue weighted by atomic mass is 35.5. The van der Waals surface area contributed by atoms with Gasteiger partial charge in [-0.3, -0.25) is 0 Å². The highest BCUT2D eigenvalue weighted by Crippen LogP contribution is 2.21. The molecule has 18 heavy (non-hydrogen) atoms. The number of aromatic nitrogens is 4. The van der Waals surface area contributed by atoms with E-state index in [2.05, 4.69) is 15.4 Å². The van der Waals surface area contributed by atoms with Gasteiger partial charge >= 0.3 is 5.97 Å². The van der Waals surface area contributed by atoms with E-state index in [1.165, 1.54) is 4.80 Å². The van der Waals surface area contributed by atoms with Gasteiger partial charge in [0.15, 0.2) is 6.04 Å². The first-order valence-electron chi connectivity index (χ1n) is 5.46. The monoisotopic (exact) mass is 264 g/mol. The van der Waals surface area contributed by atoms with Gasteiger partial charge in [-0.25, -0.2) is 4.79 Å². The van der Waals surface area contributed by atoms with Gasteiger partial charge in [-0.1, -0.05) is 11.6 Å². The van der Waals surface area contributed by atoms with Gasteiger partial charge in [0, 0.05) is 17.0 Å².